The second kappa shape index (κ2) is 5.36. The van der Waals surface area contributed by atoms with Gasteiger partial charge in [0.1, 0.15) is 0 Å². The van der Waals surface area contributed by atoms with Gasteiger partial charge in [-0.05, 0) is 24.3 Å². The van der Waals surface area contributed by atoms with E-state index in [1.165, 1.54) is 13.0 Å². The summed E-state index contributed by atoms with van der Waals surface area (Å²) in [5.41, 5.74) is 3.04. The molecule has 0 saturated carbocycles. The molecule has 1 aliphatic heterocycles. The van der Waals surface area contributed by atoms with E-state index in [1.807, 2.05) is 30.3 Å². The Morgan fingerprint density at radius 1 is 1.33 bits per heavy atom. The maximum atomic E-state index is 13.0. The zero-order valence-electron chi connectivity index (χ0n) is 11.4. The molecule has 1 atom stereocenters. The van der Waals surface area contributed by atoms with Gasteiger partial charge >= 0.3 is 0 Å². The first-order valence-electron chi connectivity index (χ1n) is 6.59. The summed E-state index contributed by atoms with van der Waals surface area (Å²) >= 11 is 0. The van der Waals surface area contributed by atoms with Crippen molar-refractivity contribution in [3.05, 3.63) is 54.4 Å². The smallest absolute Gasteiger partial charge is 0.221 e. The first kappa shape index (κ1) is 13.3. The molecule has 106 valence electrons. The van der Waals surface area contributed by atoms with Crippen LogP contribution in [-0.4, -0.2) is 17.2 Å². The summed E-state index contributed by atoms with van der Waals surface area (Å²) in [6.45, 7) is 1.46. The van der Waals surface area contributed by atoms with Gasteiger partial charge < -0.3 is 10.6 Å². The third-order valence-electron chi connectivity index (χ3n) is 3.15. The molecule has 1 aliphatic rings. The zero-order valence-corrected chi connectivity index (χ0v) is 11.4. The summed E-state index contributed by atoms with van der Waals surface area (Å²) in [7, 11) is 0. The highest BCUT2D eigenvalue weighted by Crippen LogP contribution is 2.22. The summed E-state index contributed by atoms with van der Waals surface area (Å²) in [5.74, 6) is -0.124. The van der Waals surface area contributed by atoms with Gasteiger partial charge in [-0.3, -0.25) is 4.79 Å². The molecular weight excluding hydrogens is 269 g/mol. The van der Waals surface area contributed by atoms with Crippen LogP contribution in [0.2, 0.25) is 0 Å². The van der Waals surface area contributed by atoms with Crippen molar-refractivity contribution in [3.63, 3.8) is 0 Å². The number of allylic oxidation sites excluding steroid dienone is 2. The first-order chi connectivity index (χ1) is 10.1. The lowest BCUT2D eigenvalue weighted by atomic mass is 10.1. The minimum absolute atomic E-state index is 0.124. The molecule has 0 unspecified atom stereocenters. The molecule has 0 radical (unpaired) electrons. The maximum absolute atomic E-state index is 13.0. The van der Waals surface area contributed by atoms with E-state index in [1.54, 1.807) is 12.3 Å². The van der Waals surface area contributed by atoms with E-state index in [0.717, 1.165) is 22.2 Å². The van der Waals surface area contributed by atoms with Crippen LogP contribution in [0, 0.1) is 0 Å². The lowest BCUT2D eigenvalue weighted by Crippen LogP contribution is -2.19. The van der Waals surface area contributed by atoms with Crippen LogP contribution in [0.4, 0.5) is 10.1 Å². The van der Waals surface area contributed by atoms with Crippen LogP contribution < -0.4 is 10.6 Å². The standard InChI is InChI=1S/C16H14FN3O/c1-10(21)19-13-5-2-11-3-6-14(20-15(11)8-13)12-4-7-16(17)18-9-12/h2-9,16,18H,1H3,(H,19,21)/t16-/m0/s1. The molecule has 0 spiro atoms. The number of nitrogens with one attached hydrogen (secondary N) is 2. The Kier molecular flexibility index (Phi) is 3.39. The van der Waals surface area contributed by atoms with Crippen molar-refractivity contribution in [2.75, 3.05) is 5.32 Å². The maximum Gasteiger partial charge on any atom is 0.221 e. The quantitative estimate of drug-likeness (QED) is 0.833. The van der Waals surface area contributed by atoms with E-state index in [0.29, 0.717) is 5.69 Å². The van der Waals surface area contributed by atoms with Crippen LogP contribution in [-0.2, 0) is 4.79 Å². The van der Waals surface area contributed by atoms with Gasteiger partial charge in [0.2, 0.25) is 5.91 Å². The van der Waals surface area contributed by atoms with Crippen molar-refractivity contribution in [1.29, 1.82) is 0 Å². The highest BCUT2D eigenvalue weighted by atomic mass is 19.1. The average molecular weight is 283 g/mol. The van der Waals surface area contributed by atoms with E-state index in [2.05, 4.69) is 15.6 Å². The number of amides is 1. The van der Waals surface area contributed by atoms with Gasteiger partial charge in [0, 0.05) is 29.8 Å². The number of fused-ring (bicyclic) bond motifs is 1. The average Bonchev–Trinajstić information content (AvgIpc) is 2.46. The summed E-state index contributed by atoms with van der Waals surface area (Å²) in [6.07, 6.45) is 3.60. The Balaban J connectivity index is 1.98. The molecule has 0 fully saturated rings. The van der Waals surface area contributed by atoms with E-state index in [4.69, 9.17) is 0 Å². The number of anilines is 1. The number of dihydropyridines is 1. The van der Waals surface area contributed by atoms with Crippen molar-refractivity contribution < 1.29 is 9.18 Å². The highest BCUT2D eigenvalue weighted by Gasteiger charge is 2.09. The van der Waals surface area contributed by atoms with Gasteiger partial charge in [-0.25, -0.2) is 9.37 Å². The van der Waals surface area contributed by atoms with Crippen LogP contribution >= 0.6 is 0 Å². The number of aromatic nitrogens is 1. The van der Waals surface area contributed by atoms with E-state index >= 15 is 0 Å². The van der Waals surface area contributed by atoms with Gasteiger partial charge in [0.15, 0.2) is 6.30 Å². The highest BCUT2D eigenvalue weighted by molar-refractivity contribution is 5.92. The fourth-order valence-corrected chi connectivity index (χ4v) is 2.18. The Labute approximate surface area is 121 Å². The van der Waals surface area contributed by atoms with Gasteiger partial charge in [-0.2, -0.15) is 0 Å². The summed E-state index contributed by atoms with van der Waals surface area (Å²) in [6, 6.07) is 9.39. The third kappa shape index (κ3) is 2.91. The molecule has 5 heteroatoms. The number of carbonyl (C=O) groups excluding carboxylic acids is 1. The topological polar surface area (TPSA) is 54.0 Å². The van der Waals surface area contributed by atoms with Gasteiger partial charge in [0.25, 0.3) is 0 Å². The molecular formula is C16H14FN3O. The Hall–Kier alpha value is -2.69. The molecule has 1 amide bonds. The van der Waals surface area contributed by atoms with Crippen LogP contribution in [0.15, 0.2) is 48.7 Å². The number of hydrogen-bond donors (Lipinski definition) is 2. The van der Waals surface area contributed by atoms with Gasteiger partial charge in [-0.1, -0.05) is 18.2 Å². The summed E-state index contributed by atoms with van der Waals surface area (Å²) in [4.78, 5) is 15.7. The normalized spacial score (nSPS) is 17.2. The fourth-order valence-electron chi connectivity index (χ4n) is 2.18. The number of hydrogen-bond acceptors (Lipinski definition) is 3. The monoisotopic (exact) mass is 283 g/mol. The summed E-state index contributed by atoms with van der Waals surface area (Å²) in [5, 5.41) is 6.31. The lowest BCUT2D eigenvalue weighted by molar-refractivity contribution is -0.114. The Morgan fingerprint density at radius 3 is 2.86 bits per heavy atom. The second-order valence-electron chi connectivity index (χ2n) is 4.81. The van der Waals surface area contributed by atoms with Crippen molar-refractivity contribution >= 4 is 28.1 Å². The second-order valence-corrected chi connectivity index (χ2v) is 4.81. The Bertz CT molecular complexity index is 767. The number of halogens is 1. The van der Waals surface area contributed by atoms with E-state index < -0.39 is 6.30 Å². The molecule has 2 heterocycles. The molecule has 0 bridgehead atoms. The number of nitrogens with zero attached hydrogens (tertiary/aromatic N) is 1. The molecule has 3 rings (SSSR count). The van der Waals surface area contributed by atoms with Crippen molar-refractivity contribution in [3.8, 4) is 0 Å². The number of carbonyl (C=O) groups is 1. The number of rotatable bonds is 2. The van der Waals surface area contributed by atoms with Crippen molar-refractivity contribution in [2.45, 2.75) is 13.2 Å². The van der Waals surface area contributed by atoms with Gasteiger partial charge in [-0.15, -0.1) is 0 Å². The molecule has 0 aliphatic carbocycles. The van der Waals surface area contributed by atoms with Gasteiger partial charge in [0.05, 0.1) is 11.2 Å². The SMILES string of the molecule is CC(=O)Nc1ccc2ccc(C3=CN[C@H](F)C=C3)nc2c1. The van der Waals surface area contributed by atoms with E-state index in [9.17, 15) is 9.18 Å². The fraction of sp³-hybridized carbons (Fsp3) is 0.125. The Morgan fingerprint density at radius 2 is 2.14 bits per heavy atom. The minimum Gasteiger partial charge on any atom is -0.358 e. The van der Waals surface area contributed by atoms with E-state index in [-0.39, 0.29) is 5.91 Å². The number of benzene rings is 1. The van der Waals surface area contributed by atoms with Crippen LogP contribution in [0.5, 0.6) is 0 Å². The molecule has 4 nitrogen and oxygen atoms in total. The number of pyridine rings is 1. The van der Waals surface area contributed by atoms with Crippen LogP contribution in [0.25, 0.3) is 16.5 Å². The summed E-state index contributed by atoms with van der Waals surface area (Å²) < 4.78 is 13.0. The van der Waals surface area contributed by atoms with Crippen molar-refractivity contribution in [1.82, 2.24) is 10.3 Å². The molecule has 21 heavy (non-hydrogen) atoms. The predicted molar refractivity (Wildman–Crippen MR) is 81.2 cm³/mol. The molecule has 1 aromatic carbocycles. The molecule has 1 aromatic heterocycles. The predicted octanol–water partition coefficient (Wildman–Crippen LogP) is 2.99. The first-order valence-corrected chi connectivity index (χ1v) is 6.59. The lowest BCUT2D eigenvalue weighted by Gasteiger charge is -2.12. The molecule has 2 N–H and O–H groups in total. The minimum atomic E-state index is -1.15. The van der Waals surface area contributed by atoms with Crippen LogP contribution in [0.3, 0.4) is 0 Å². The molecule has 2 aromatic rings. The third-order valence-corrected chi connectivity index (χ3v) is 3.15. The number of alkyl halides is 1. The van der Waals surface area contributed by atoms with Crippen LogP contribution in [0.1, 0.15) is 12.6 Å². The molecule has 0 saturated heterocycles. The largest absolute Gasteiger partial charge is 0.358 e. The zero-order chi connectivity index (χ0) is 14.8. The van der Waals surface area contributed by atoms with Crippen molar-refractivity contribution in [2.24, 2.45) is 0 Å².